The summed E-state index contributed by atoms with van der Waals surface area (Å²) in [6.07, 6.45) is -5.83. The number of likely N-dealkylation sites (N-methyl/N-ethyl adjacent to an activating group) is 1. The van der Waals surface area contributed by atoms with E-state index in [0.717, 1.165) is 43.3 Å². The van der Waals surface area contributed by atoms with Crippen molar-refractivity contribution in [3.63, 3.8) is 0 Å². The number of carbonyl (C=O) groups excluding carboxylic acids is 1. The molecule has 4 rings (SSSR count). The molecule has 2 aliphatic rings. The maximum absolute atomic E-state index is 13.4. The van der Waals surface area contributed by atoms with Crippen LogP contribution in [0.5, 0.6) is 0 Å². The molecular formula is C23H25F7N6O5. The van der Waals surface area contributed by atoms with Gasteiger partial charge in [0.2, 0.25) is 5.95 Å². The molecule has 0 atom stereocenters. The molecule has 11 nitrogen and oxygen atoms in total. The zero-order valence-corrected chi connectivity index (χ0v) is 21.4. The van der Waals surface area contributed by atoms with Gasteiger partial charge in [-0.15, -0.1) is 0 Å². The molecule has 1 saturated heterocycles. The van der Waals surface area contributed by atoms with Crippen molar-refractivity contribution >= 4 is 23.7 Å². The molecular weight excluding hydrogens is 573 g/mol. The molecule has 4 heterocycles. The van der Waals surface area contributed by atoms with Crippen LogP contribution in [0, 0.1) is 5.95 Å². The van der Waals surface area contributed by atoms with Gasteiger partial charge in [0.1, 0.15) is 12.1 Å². The topological polar surface area (TPSA) is 140 Å². The van der Waals surface area contributed by atoms with E-state index in [1.807, 2.05) is 0 Å². The Kier molecular flexibility index (Phi) is 11.3. The second-order valence-corrected chi connectivity index (χ2v) is 8.68. The van der Waals surface area contributed by atoms with Crippen LogP contribution in [-0.4, -0.2) is 111 Å². The van der Waals surface area contributed by atoms with Crippen LogP contribution in [0.15, 0.2) is 24.7 Å². The summed E-state index contributed by atoms with van der Waals surface area (Å²) in [5, 5.41) is 14.2. The zero-order valence-electron chi connectivity index (χ0n) is 21.4. The number of carbonyl (C=O) groups is 3. The summed E-state index contributed by atoms with van der Waals surface area (Å²) in [7, 11) is 2.13. The Morgan fingerprint density at radius 2 is 1.37 bits per heavy atom. The minimum absolute atomic E-state index is 0.168. The molecule has 226 valence electrons. The Morgan fingerprint density at radius 3 is 1.88 bits per heavy atom. The summed E-state index contributed by atoms with van der Waals surface area (Å²) in [6, 6.07) is 2.74. The molecule has 1 fully saturated rings. The van der Waals surface area contributed by atoms with Gasteiger partial charge in [-0.1, -0.05) is 0 Å². The Morgan fingerprint density at radius 1 is 0.829 bits per heavy atom. The van der Waals surface area contributed by atoms with Crippen molar-refractivity contribution in [1.82, 2.24) is 24.8 Å². The highest BCUT2D eigenvalue weighted by molar-refractivity contribution is 5.94. The van der Waals surface area contributed by atoms with Gasteiger partial charge in [-0.25, -0.2) is 24.5 Å². The van der Waals surface area contributed by atoms with Gasteiger partial charge >= 0.3 is 24.3 Å². The van der Waals surface area contributed by atoms with Crippen molar-refractivity contribution in [1.29, 1.82) is 0 Å². The maximum Gasteiger partial charge on any atom is 0.490 e. The summed E-state index contributed by atoms with van der Waals surface area (Å²) in [5.74, 6) is -5.32. The number of amides is 1. The number of aliphatic carboxylic acids is 2. The van der Waals surface area contributed by atoms with Gasteiger partial charge in [0, 0.05) is 69.1 Å². The molecule has 2 aliphatic heterocycles. The lowest BCUT2D eigenvalue weighted by Crippen LogP contribution is -2.45. The molecule has 2 N–H and O–H groups in total. The van der Waals surface area contributed by atoms with Crippen molar-refractivity contribution in [2.45, 2.75) is 25.2 Å². The van der Waals surface area contributed by atoms with Crippen molar-refractivity contribution in [3.05, 3.63) is 47.4 Å². The van der Waals surface area contributed by atoms with E-state index in [0.29, 0.717) is 31.5 Å². The zero-order chi connectivity index (χ0) is 31.0. The highest BCUT2D eigenvalue weighted by Crippen LogP contribution is 2.25. The standard InChI is InChI=1S/C19H23FN6O.2C2HF3O2/c1-24-8-10-25(11-9-24)18-15-3-6-26(7-4-16(15)22-13-23-18)19(27)14-2-5-21-17(20)12-14;2*3-2(4,5)1(6)7/h2,5,12-13H,3-4,6-11H2,1H3;2*(H,6,7). The van der Waals surface area contributed by atoms with E-state index >= 15 is 0 Å². The Bertz CT molecular complexity index is 1200. The highest BCUT2D eigenvalue weighted by Gasteiger charge is 2.39. The summed E-state index contributed by atoms with van der Waals surface area (Å²) in [5.41, 5.74) is 2.48. The fourth-order valence-corrected chi connectivity index (χ4v) is 3.72. The smallest absolute Gasteiger partial charge is 0.475 e. The maximum atomic E-state index is 13.4. The molecule has 0 radical (unpaired) electrons. The molecule has 2 aromatic heterocycles. The van der Waals surface area contributed by atoms with Gasteiger partial charge in [-0.05, 0) is 19.5 Å². The first-order chi connectivity index (χ1) is 19.0. The van der Waals surface area contributed by atoms with Crippen molar-refractivity contribution in [2.75, 3.05) is 51.2 Å². The van der Waals surface area contributed by atoms with Crippen LogP contribution >= 0.6 is 0 Å². The van der Waals surface area contributed by atoms with E-state index in [-0.39, 0.29) is 5.91 Å². The van der Waals surface area contributed by atoms with Crippen LogP contribution in [0.25, 0.3) is 0 Å². The highest BCUT2D eigenvalue weighted by atomic mass is 19.4. The van der Waals surface area contributed by atoms with Gasteiger partial charge in [0.05, 0.1) is 5.69 Å². The number of carboxylic acid groups (broad SMARTS) is 2. The largest absolute Gasteiger partial charge is 0.490 e. The predicted molar refractivity (Wildman–Crippen MR) is 127 cm³/mol. The lowest BCUT2D eigenvalue weighted by atomic mass is 10.1. The average Bonchev–Trinajstić information content (AvgIpc) is 3.11. The normalized spacial score (nSPS) is 15.8. The van der Waals surface area contributed by atoms with Gasteiger partial charge in [0.25, 0.3) is 5.91 Å². The number of anilines is 1. The lowest BCUT2D eigenvalue weighted by Gasteiger charge is -2.34. The van der Waals surface area contributed by atoms with Gasteiger partial charge in [-0.3, -0.25) is 4.79 Å². The third kappa shape index (κ3) is 10.1. The van der Waals surface area contributed by atoms with Crippen molar-refractivity contribution in [3.8, 4) is 0 Å². The van der Waals surface area contributed by atoms with Gasteiger partial charge in [0.15, 0.2) is 0 Å². The third-order valence-corrected chi connectivity index (χ3v) is 5.81. The van der Waals surface area contributed by atoms with Crippen molar-refractivity contribution < 1.29 is 55.3 Å². The second-order valence-electron chi connectivity index (χ2n) is 8.68. The second kappa shape index (κ2) is 14.0. The number of piperazine rings is 1. The van der Waals surface area contributed by atoms with Crippen LogP contribution in [0.3, 0.4) is 0 Å². The minimum Gasteiger partial charge on any atom is -0.475 e. The van der Waals surface area contributed by atoms with E-state index in [2.05, 4.69) is 31.8 Å². The summed E-state index contributed by atoms with van der Waals surface area (Å²) < 4.78 is 76.8. The van der Waals surface area contributed by atoms with Crippen LogP contribution < -0.4 is 4.90 Å². The fraction of sp³-hybridized carbons (Fsp3) is 0.478. The van der Waals surface area contributed by atoms with E-state index in [1.165, 1.54) is 12.3 Å². The minimum atomic E-state index is -5.08. The molecule has 0 aromatic carbocycles. The molecule has 0 bridgehead atoms. The van der Waals surface area contributed by atoms with E-state index in [4.69, 9.17) is 19.8 Å². The van der Waals surface area contributed by atoms with Crippen LogP contribution in [0.1, 0.15) is 21.6 Å². The number of rotatable bonds is 2. The van der Waals surface area contributed by atoms with E-state index in [9.17, 15) is 35.5 Å². The van der Waals surface area contributed by atoms with Crippen LogP contribution in [0.2, 0.25) is 0 Å². The number of pyridine rings is 1. The molecule has 0 spiro atoms. The third-order valence-electron chi connectivity index (χ3n) is 5.81. The SMILES string of the molecule is CN1CCN(c2ncnc3c2CCN(C(=O)c2ccnc(F)c2)CC3)CC1.O=C(O)C(F)(F)F.O=C(O)C(F)(F)F. The number of carboxylic acids is 2. The van der Waals surface area contributed by atoms with Crippen LogP contribution in [-0.2, 0) is 22.4 Å². The first-order valence-corrected chi connectivity index (χ1v) is 11.8. The lowest BCUT2D eigenvalue weighted by molar-refractivity contribution is -0.193. The number of alkyl halides is 6. The molecule has 0 unspecified atom stereocenters. The number of nitrogens with zero attached hydrogens (tertiary/aromatic N) is 6. The van der Waals surface area contributed by atoms with E-state index in [1.54, 1.807) is 17.3 Å². The quantitative estimate of drug-likeness (QED) is 0.391. The Balaban J connectivity index is 0.000000349. The molecule has 0 saturated carbocycles. The van der Waals surface area contributed by atoms with Crippen molar-refractivity contribution in [2.24, 2.45) is 0 Å². The number of halogens is 7. The Hall–Kier alpha value is -4.09. The molecule has 18 heteroatoms. The molecule has 0 aliphatic carbocycles. The summed E-state index contributed by atoms with van der Waals surface area (Å²) >= 11 is 0. The summed E-state index contributed by atoms with van der Waals surface area (Å²) in [4.78, 5) is 49.5. The van der Waals surface area contributed by atoms with Gasteiger partial charge < -0.3 is 24.9 Å². The molecule has 2 aromatic rings. The fourth-order valence-electron chi connectivity index (χ4n) is 3.72. The monoisotopic (exact) mass is 598 g/mol. The first kappa shape index (κ1) is 33.1. The number of hydrogen-bond acceptors (Lipinski definition) is 8. The number of hydrogen-bond donors (Lipinski definition) is 2. The first-order valence-electron chi connectivity index (χ1n) is 11.8. The Labute approximate surface area is 228 Å². The average molecular weight is 598 g/mol. The number of aromatic nitrogens is 3. The summed E-state index contributed by atoms with van der Waals surface area (Å²) in [6.45, 7) is 5.05. The van der Waals surface area contributed by atoms with Crippen LogP contribution in [0.4, 0.5) is 36.6 Å². The number of fused-ring (bicyclic) bond motifs is 1. The molecule has 41 heavy (non-hydrogen) atoms. The van der Waals surface area contributed by atoms with E-state index < -0.39 is 30.2 Å². The predicted octanol–water partition coefficient (Wildman–Crippen LogP) is 2.27. The van der Waals surface area contributed by atoms with Gasteiger partial charge in [-0.2, -0.15) is 30.7 Å². The molecule has 1 amide bonds.